The van der Waals surface area contributed by atoms with Crippen LogP contribution in [0.5, 0.6) is 0 Å². The third kappa shape index (κ3) is 4.16. The van der Waals surface area contributed by atoms with Crippen LogP contribution in [0.2, 0.25) is 0 Å². The molecular formula is C23H29N5O3S. The third-order valence-electron chi connectivity index (χ3n) is 6.58. The molecule has 0 aromatic carbocycles. The van der Waals surface area contributed by atoms with Crippen molar-refractivity contribution in [2.75, 3.05) is 44.0 Å². The number of allylic oxidation sites excluding steroid dienone is 1. The maximum absolute atomic E-state index is 12.2. The Morgan fingerprint density at radius 3 is 2.91 bits per heavy atom. The van der Waals surface area contributed by atoms with Crippen molar-refractivity contribution in [1.82, 2.24) is 19.3 Å². The van der Waals surface area contributed by atoms with Crippen LogP contribution in [0.3, 0.4) is 0 Å². The van der Waals surface area contributed by atoms with Crippen molar-refractivity contribution in [2.24, 2.45) is 0 Å². The van der Waals surface area contributed by atoms with Crippen LogP contribution in [0, 0.1) is 0 Å². The van der Waals surface area contributed by atoms with Gasteiger partial charge in [0.15, 0.2) is 5.82 Å². The normalized spacial score (nSPS) is 24.0. The number of sulfonamides is 1. The second-order valence-corrected chi connectivity index (χ2v) is 10.9. The number of morpholine rings is 1. The molecule has 2 saturated heterocycles. The Morgan fingerprint density at radius 1 is 1.22 bits per heavy atom. The van der Waals surface area contributed by atoms with Crippen LogP contribution in [0.4, 0.5) is 5.82 Å². The molecule has 170 valence electrons. The molecule has 9 heteroatoms. The molecule has 0 bridgehead atoms. The Bertz CT molecular complexity index is 1150. The lowest BCUT2D eigenvalue weighted by atomic mass is 9.95. The van der Waals surface area contributed by atoms with E-state index in [2.05, 4.69) is 35.0 Å². The topological polar surface area (TPSA) is 88.5 Å². The van der Waals surface area contributed by atoms with Crippen LogP contribution in [-0.2, 0) is 21.2 Å². The summed E-state index contributed by atoms with van der Waals surface area (Å²) in [5, 5.41) is 0. The van der Waals surface area contributed by atoms with Crippen LogP contribution in [0.15, 0.2) is 24.4 Å². The molecule has 5 rings (SSSR count). The Balaban J connectivity index is 1.59. The number of nitrogens with zero attached hydrogens (tertiary/aromatic N) is 5. The molecule has 2 fully saturated rings. The van der Waals surface area contributed by atoms with E-state index < -0.39 is 10.0 Å². The Hall–Kier alpha value is -2.36. The molecule has 3 aliphatic rings. The van der Waals surface area contributed by atoms with Gasteiger partial charge in [-0.2, -0.15) is 0 Å². The molecule has 1 aliphatic carbocycles. The predicted molar refractivity (Wildman–Crippen MR) is 124 cm³/mol. The number of piperidine rings is 1. The van der Waals surface area contributed by atoms with Gasteiger partial charge in [-0.1, -0.05) is 12.2 Å². The minimum atomic E-state index is -3.23. The van der Waals surface area contributed by atoms with Gasteiger partial charge in [0.2, 0.25) is 10.0 Å². The van der Waals surface area contributed by atoms with E-state index in [-0.39, 0.29) is 12.0 Å². The first kappa shape index (κ1) is 21.5. The van der Waals surface area contributed by atoms with Gasteiger partial charge in [0.1, 0.15) is 5.82 Å². The molecule has 1 unspecified atom stereocenters. The van der Waals surface area contributed by atoms with Crippen molar-refractivity contribution in [1.29, 1.82) is 0 Å². The van der Waals surface area contributed by atoms with Gasteiger partial charge in [-0.15, -0.1) is 0 Å². The Labute approximate surface area is 189 Å². The standard InChI is InChI=1S/C23H29N5O3S/c1-16-15-31-12-11-28(16)22-13-21(17-5-4-10-27(14-17)32(2,29)30)25-23(26-22)19-8-9-24-20-7-3-6-18(19)20/h3,6,8-9,13,16-17H,4-5,7,10-12,14-15H2,1-2H3/t16-,17?/m1/s1. The molecule has 0 radical (unpaired) electrons. The third-order valence-corrected chi connectivity index (χ3v) is 7.84. The highest BCUT2D eigenvalue weighted by atomic mass is 32.2. The minimum Gasteiger partial charge on any atom is -0.377 e. The van der Waals surface area contributed by atoms with Crippen LogP contribution in [0.25, 0.3) is 17.5 Å². The van der Waals surface area contributed by atoms with Gasteiger partial charge in [0.25, 0.3) is 0 Å². The van der Waals surface area contributed by atoms with Gasteiger partial charge in [-0.3, -0.25) is 4.98 Å². The molecule has 2 aromatic rings. The number of anilines is 1. The molecule has 32 heavy (non-hydrogen) atoms. The van der Waals surface area contributed by atoms with Gasteiger partial charge < -0.3 is 9.64 Å². The average molecular weight is 456 g/mol. The van der Waals surface area contributed by atoms with E-state index in [4.69, 9.17) is 14.7 Å². The van der Waals surface area contributed by atoms with E-state index in [1.165, 1.54) is 6.26 Å². The fourth-order valence-corrected chi connectivity index (χ4v) is 5.74. The van der Waals surface area contributed by atoms with E-state index in [1.54, 1.807) is 4.31 Å². The summed E-state index contributed by atoms with van der Waals surface area (Å²) in [6.45, 7) is 5.26. The number of ether oxygens (including phenoxy) is 1. The fourth-order valence-electron chi connectivity index (χ4n) is 4.83. The van der Waals surface area contributed by atoms with Crippen LogP contribution in [-0.4, -0.2) is 72.8 Å². The summed E-state index contributed by atoms with van der Waals surface area (Å²) in [5.74, 6) is 1.60. The Morgan fingerprint density at radius 2 is 2.09 bits per heavy atom. The zero-order valence-electron chi connectivity index (χ0n) is 18.6. The highest BCUT2D eigenvalue weighted by Crippen LogP contribution is 2.34. The van der Waals surface area contributed by atoms with Crippen molar-refractivity contribution in [3.05, 3.63) is 41.4 Å². The lowest BCUT2D eigenvalue weighted by molar-refractivity contribution is 0.0985. The summed E-state index contributed by atoms with van der Waals surface area (Å²) in [4.78, 5) is 16.7. The largest absolute Gasteiger partial charge is 0.377 e. The number of aromatic nitrogens is 3. The van der Waals surface area contributed by atoms with Crippen molar-refractivity contribution in [2.45, 2.75) is 38.1 Å². The molecule has 0 saturated carbocycles. The molecule has 2 atom stereocenters. The second kappa shape index (κ2) is 8.53. The summed E-state index contributed by atoms with van der Waals surface area (Å²) >= 11 is 0. The number of hydrogen-bond donors (Lipinski definition) is 0. The molecule has 8 nitrogen and oxygen atoms in total. The van der Waals surface area contributed by atoms with Crippen molar-refractivity contribution < 1.29 is 13.2 Å². The minimum absolute atomic E-state index is 0.0424. The number of hydrogen-bond acceptors (Lipinski definition) is 7. The van der Waals surface area contributed by atoms with E-state index >= 15 is 0 Å². The van der Waals surface area contributed by atoms with Gasteiger partial charge in [0, 0.05) is 55.4 Å². The van der Waals surface area contributed by atoms with Crippen LogP contribution >= 0.6 is 0 Å². The van der Waals surface area contributed by atoms with Crippen molar-refractivity contribution >= 4 is 21.9 Å². The summed E-state index contributed by atoms with van der Waals surface area (Å²) in [7, 11) is -3.23. The van der Waals surface area contributed by atoms with Gasteiger partial charge in [-0.25, -0.2) is 22.7 Å². The molecule has 0 N–H and O–H groups in total. The van der Waals surface area contributed by atoms with Crippen molar-refractivity contribution in [3.8, 4) is 11.4 Å². The number of fused-ring (bicyclic) bond motifs is 1. The van der Waals surface area contributed by atoms with E-state index in [0.29, 0.717) is 32.1 Å². The maximum Gasteiger partial charge on any atom is 0.211 e. The SMILES string of the molecule is C[C@@H]1COCCN1c1cc(C2CCCN(S(C)(=O)=O)C2)nc(-c2ccnc3c2C=CC3)n1. The molecule has 0 spiro atoms. The first-order valence-corrected chi connectivity index (χ1v) is 13.1. The van der Waals surface area contributed by atoms with Crippen molar-refractivity contribution in [3.63, 3.8) is 0 Å². The molecule has 2 aliphatic heterocycles. The molecule has 2 aromatic heterocycles. The first-order chi connectivity index (χ1) is 15.4. The summed E-state index contributed by atoms with van der Waals surface area (Å²) < 4.78 is 31.6. The lowest BCUT2D eigenvalue weighted by Crippen LogP contribution is -2.44. The smallest absolute Gasteiger partial charge is 0.211 e. The van der Waals surface area contributed by atoms with Gasteiger partial charge >= 0.3 is 0 Å². The Kier molecular flexibility index (Phi) is 5.73. The van der Waals surface area contributed by atoms with Crippen LogP contribution < -0.4 is 4.90 Å². The van der Waals surface area contributed by atoms with E-state index in [1.807, 2.05) is 12.3 Å². The average Bonchev–Trinajstić information content (AvgIpc) is 3.28. The predicted octanol–water partition coefficient (Wildman–Crippen LogP) is 2.47. The summed E-state index contributed by atoms with van der Waals surface area (Å²) in [5.41, 5.74) is 4.00. The van der Waals surface area contributed by atoms with E-state index in [0.717, 1.165) is 54.1 Å². The highest BCUT2D eigenvalue weighted by molar-refractivity contribution is 7.88. The van der Waals surface area contributed by atoms with Gasteiger partial charge in [-0.05, 0) is 25.8 Å². The fraction of sp³-hybridized carbons (Fsp3) is 0.522. The van der Waals surface area contributed by atoms with Crippen LogP contribution in [0.1, 0.15) is 42.6 Å². The zero-order chi connectivity index (χ0) is 22.3. The second-order valence-electron chi connectivity index (χ2n) is 8.88. The summed E-state index contributed by atoms with van der Waals surface area (Å²) in [6, 6.07) is 4.24. The van der Waals surface area contributed by atoms with E-state index in [9.17, 15) is 8.42 Å². The monoisotopic (exact) mass is 455 g/mol. The maximum atomic E-state index is 12.2. The first-order valence-electron chi connectivity index (χ1n) is 11.2. The highest BCUT2D eigenvalue weighted by Gasteiger charge is 2.30. The number of pyridine rings is 1. The molecular weight excluding hydrogens is 426 g/mol. The quantitative estimate of drug-likeness (QED) is 0.700. The zero-order valence-corrected chi connectivity index (χ0v) is 19.4. The number of rotatable bonds is 4. The lowest BCUT2D eigenvalue weighted by Gasteiger charge is -2.35. The molecule has 4 heterocycles. The molecule has 0 amide bonds. The summed E-state index contributed by atoms with van der Waals surface area (Å²) in [6.07, 6.45) is 9.87. The van der Waals surface area contributed by atoms with Gasteiger partial charge in [0.05, 0.1) is 36.9 Å².